The molecule has 0 aliphatic heterocycles. The van der Waals surface area contributed by atoms with E-state index in [0.29, 0.717) is 5.92 Å². The molecule has 1 nitrogen and oxygen atoms in total. The van der Waals surface area contributed by atoms with Gasteiger partial charge in [-0.2, -0.15) is 0 Å². The number of hydrogen-bond donors (Lipinski definition) is 1. The maximum atomic E-state index is 9.90. The predicted molar refractivity (Wildman–Crippen MR) is 48.1 cm³/mol. The highest BCUT2D eigenvalue weighted by molar-refractivity contribution is 6.14. The number of rotatable bonds is 1. The molecule has 0 spiro atoms. The second kappa shape index (κ2) is 2.26. The fourth-order valence-corrected chi connectivity index (χ4v) is 3.40. The molecular weight excluding hydrogens is 135 g/mol. The van der Waals surface area contributed by atoms with Crippen molar-refractivity contribution in [2.24, 2.45) is 17.8 Å². The van der Waals surface area contributed by atoms with E-state index in [2.05, 4.69) is 0 Å². The van der Waals surface area contributed by atoms with Gasteiger partial charge in [0, 0.05) is 5.50 Å². The Morgan fingerprint density at radius 1 is 1.18 bits per heavy atom. The van der Waals surface area contributed by atoms with Crippen LogP contribution in [0.4, 0.5) is 0 Å². The molecule has 2 saturated carbocycles. The molecule has 2 aliphatic carbocycles. The Labute approximate surface area is 69.6 Å². The molecule has 0 aromatic heterocycles. The van der Waals surface area contributed by atoms with Crippen molar-refractivity contribution in [2.75, 3.05) is 0 Å². The highest BCUT2D eigenvalue weighted by Crippen LogP contribution is 2.52. The predicted octanol–water partition coefficient (Wildman–Crippen LogP) is 0.764. The van der Waals surface area contributed by atoms with Gasteiger partial charge >= 0.3 is 0 Å². The Bertz CT molecular complexity index is 141. The number of aliphatic hydroxyl groups is 1. The summed E-state index contributed by atoms with van der Waals surface area (Å²) in [6.07, 6.45) is 5.50. The number of hydrogen-bond acceptors (Lipinski definition) is 1. The molecule has 2 rings (SSSR count). The Hall–Kier alpha value is 0.0249. The van der Waals surface area contributed by atoms with E-state index in [4.69, 9.17) is 0 Å². The van der Waals surface area contributed by atoms with Crippen molar-refractivity contribution in [3.8, 4) is 0 Å². The van der Waals surface area contributed by atoms with Crippen LogP contribution in [-0.2, 0) is 0 Å². The Morgan fingerprint density at radius 2 is 1.55 bits per heavy atom. The van der Waals surface area contributed by atoms with Crippen molar-refractivity contribution in [1.82, 2.24) is 0 Å². The zero-order chi connectivity index (χ0) is 8.06. The van der Waals surface area contributed by atoms with Gasteiger partial charge in [-0.15, -0.1) is 0 Å². The molecule has 1 unspecified atom stereocenters. The standard InChI is InChI=1S/C9H17BO/c1-9(10,11)8-6-2-3-7(8)5-4-6/h6-8,11H,2-5,10H2,1H3. The number of fused-ring (bicyclic) bond motifs is 2. The summed E-state index contributed by atoms with van der Waals surface area (Å²) in [6, 6.07) is 0. The summed E-state index contributed by atoms with van der Waals surface area (Å²) in [5.74, 6) is 2.31. The van der Waals surface area contributed by atoms with E-state index in [-0.39, 0.29) is 0 Å². The van der Waals surface area contributed by atoms with Crippen molar-refractivity contribution >= 4 is 7.85 Å². The van der Waals surface area contributed by atoms with Gasteiger partial charge in [0.25, 0.3) is 0 Å². The van der Waals surface area contributed by atoms with Gasteiger partial charge in [0.2, 0.25) is 0 Å². The summed E-state index contributed by atoms with van der Waals surface area (Å²) in [7, 11) is 1.98. The maximum absolute atomic E-state index is 9.90. The topological polar surface area (TPSA) is 20.2 Å². The molecule has 0 amide bonds. The first kappa shape index (κ1) is 7.66. The molecule has 0 heterocycles. The van der Waals surface area contributed by atoms with Crippen LogP contribution in [0.1, 0.15) is 32.6 Å². The van der Waals surface area contributed by atoms with Crippen LogP contribution in [0.2, 0.25) is 0 Å². The lowest BCUT2D eigenvalue weighted by Gasteiger charge is -2.29. The van der Waals surface area contributed by atoms with Crippen LogP contribution in [-0.4, -0.2) is 18.5 Å². The molecule has 2 heteroatoms. The minimum absolute atomic E-state index is 0.414. The minimum atomic E-state index is -0.414. The highest BCUT2D eigenvalue weighted by atomic mass is 16.3. The maximum Gasteiger partial charge on any atom is 0.142 e. The molecule has 1 atom stereocenters. The lowest BCUT2D eigenvalue weighted by molar-refractivity contribution is 0.0565. The molecule has 1 N–H and O–H groups in total. The smallest absolute Gasteiger partial charge is 0.142 e. The molecule has 2 fully saturated rings. The van der Waals surface area contributed by atoms with Gasteiger partial charge in [0.05, 0.1) is 0 Å². The summed E-state index contributed by atoms with van der Waals surface area (Å²) >= 11 is 0. The second-order valence-corrected chi connectivity index (χ2v) is 4.85. The molecule has 62 valence electrons. The largest absolute Gasteiger partial charge is 0.399 e. The third-order valence-electron chi connectivity index (χ3n) is 3.65. The van der Waals surface area contributed by atoms with Gasteiger partial charge in [-0.1, -0.05) is 0 Å². The van der Waals surface area contributed by atoms with Crippen LogP contribution >= 0.6 is 0 Å². The van der Waals surface area contributed by atoms with Crippen LogP contribution in [0, 0.1) is 17.8 Å². The van der Waals surface area contributed by atoms with Crippen LogP contribution in [0.15, 0.2) is 0 Å². The second-order valence-electron chi connectivity index (χ2n) is 4.85. The van der Waals surface area contributed by atoms with Gasteiger partial charge in [-0.05, 0) is 50.4 Å². The van der Waals surface area contributed by atoms with E-state index >= 15 is 0 Å². The quantitative estimate of drug-likeness (QED) is 0.550. The Morgan fingerprint density at radius 3 is 1.73 bits per heavy atom. The molecule has 2 bridgehead atoms. The molecule has 0 radical (unpaired) electrons. The monoisotopic (exact) mass is 152 g/mol. The normalized spacial score (nSPS) is 47.6. The van der Waals surface area contributed by atoms with Crippen LogP contribution in [0.3, 0.4) is 0 Å². The van der Waals surface area contributed by atoms with E-state index in [0.717, 1.165) is 11.8 Å². The van der Waals surface area contributed by atoms with Crippen molar-refractivity contribution in [3.63, 3.8) is 0 Å². The summed E-state index contributed by atoms with van der Waals surface area (Å²) < 4.78 is 0. The van der Waals surface area contributed by atoms with Crippen molar-refractivity contribution in [3.05, 3.63) is 0 Å². The SMILES string of the molecule is BC(C)(O)C1C2CCC1CC2. The van der Waals surface area contributed by atoms with Gasteiger partial charge in [-0.25, -0.2) is 0 Å². The van der Waals surface area contributed by atoms with Crippen molar-refractivity contribution in [2.45, 2.75) is 38.1 Å². The van der Waals surface area contributed by atoms with Crippen LogP contribution in [0.25, 0.3) is 0 Å². The van der Waals surface area contributed by atoms with Gasteiger partial charge < -0.3 is 5.11 Å². The van der Waals surface area contributed by atoms with Crippen LogP contribution in [0.5, 0.6) is 0 Å². The summed E-state index contributed by atoms with van der Waals surface area (Å²) in [6.45, 7) is 1.98. The highest BCUT2D eigenvalue weighted by Gasteiger charge is 2.47. The lowest BCUT2D eigenvalue weighted by atomic mass is 9.68. The third-order valence-corrected chi connectivity index (χ3v) is 3.65. The van der Waals surface area contributed by atoms with Gasteiger partial charge in [0.1, 0.15) is 7.85 Å². The first-order valence-electron chi connectivity index (χ1n) is 4.81. The fourth-order valence-electron chi connectivity index (χ4n) is 3.40. The van der Waals surface area contributed by atoms with Gasteiger partial charge in [-0.3, -0.25) is 0 Å². The summed E-state index contributed by atoms with van der Waals surface area (Å²) in [5, 5.41) is 9.90. The third kappa shape index (κ3) is 1.12. The fraction of sp³-hybridized carbons (Fsp3) is 1.00. The van der Waals surface area contributed by atoms with Crippen molar-refractivity contribution < 1.29 is 5.11 Å². The molecule has 0 aromatic rings. The Kier molecular flexibility index (Phi) is 1.57. The first-order chi connectivity index (χ1) is 5.09. The average Bonchev–Trinajstić information content (AvgIpc) is 2.40. The zero-order valence-electron chi connectivity index (χ0n) is 7.51. The molecule has 0 aromatic carbocycles. The van der Waals surface area contributed by atoms with Crippen LogP contribution < -0.4 is 0 Å². The van der Waals surface area contributed by atoms with Crippen molar-refractivity contribution in [1.29, 1.82) is 0 Å². The van der Waals surface area contributed by atoms with E-state index in [1.807, 2.05) is 14.8 Å². The lowest BCUT2D eigenvalue weighted by Crippen LogP contribution is -2.37. The Balaban J connectivity index is 2.16. The minimum Gasteiger partial charge on any atom is -0.399 e. The summed E-state index contributed by atoms with van der Waals surface area (Å²) in [5.41, 5.74) is -0.414. The van der Waals surface area contributed by atoms with E-state index in [9.17, 15) is 5.11 Å². The van der Waals surface area contributed by atoms with E-state index in [1.54, 1.807) is 0 Å². The zero-order valence-corrected chi connectivity index (χ0v) is 7.51. The molecule has 0 saturated heterocycles. The van der Waals surface area contributed by atoms with Gasteiger partial charge in [0.15, 0.2) is 0 Å². The first-order valence-corrected chi connectivity index (χ1v) is 4.81. The molecule has 2 aliphatic rings. The summed E-state index contributed by atoms with van der Waals surface area (Å²) in [4.78, 5) is 0. The van der Waals surface area contributed by atoms with E-state index < -0.39 is 5.50 Å². The molecular formula is C9H17BO. The average molecular weight is 152 g/mol. The molecule has 11 heavy (non-hydrogen) atoms. The van der Waals surface area contributed by atoms with E-state index in [1.165, 1.54) is 25.7 Å².